The van der Waals surface area contributed by atoms with Gasteiger partial charge in [-0.05, 0) is 18.5 Å². The maximum atomic E-state index is 6.21. The van der Waals surface area contributed by atoms with Crippen molar-refractivity contribution in [3.63, 3.8) is 0 Å². The summed E-state index contributed by atoms with van der Waals surface area (Å²) >= 11 is 0. The average molecular weight is 234 g/mol. The third-order valence-corrected chi connectivity index (χ3v) is 3.41. The van der Waals surface area contributed by atoms with E-state index in [9.17, 15) is 0 Å². The molecule has 0 aromatic heterocycles. The zero-order valence-electron chi connectivity index (χ0n) is 10.5. The Kier molecular flexibility index (Phi) is 4.15. The largest absolute Gasteiger partial charge is 0.376 e. The van der Waals surface area contributed by atoms with Crippen LogP contribution in [0.15, 0.2) is 30.3 Å². The number of rotatable bonds is 7. The van der Waals surface area contributed by atoms with Crippen molar-refractivity contribution >= 4 is 0 Å². The third-order valence-electron chi connectivity index (χ3n) is 3.41. The van der Waals surface area contributed by atoms with E-state index in [4.69, 9.17) is 10.5 Å². The van der Waals surface area contributed by atoms with Crippen LogP contribution in [0.2, 0.25) is 0 Å². The molecule has 0 spiro atoms. The van der Waals surface area contributed by atoms with E-state index in [0.29, 0.717) is 12.5 Å². The molecular formula is C14H22N2O. The van der Waals surface area contributed by atoms with Gasteiger partial charge in [-0.3, -0.25) is 0 Å². The number of likely N-dealkylation sites (N-methyl/N-ethyl adjacent to an activating group) is 1. The number of nitrogens with one attached hydrogen (secondary N) is 1. The molecule has 2 rings (SSSR count). The molecule has 0 unspecified atom stereocenters. The normalized spacial score (nSPS) is 27.1. The van der Waals surface area contributed by atoms with Crippen LogP contribution < -0.4 is 11.1 Å². The lowest BCUT2D eigenvalue weighted by Crippen LogP contribution is -2.38. The highest BCUT2D eigenvalue weighted by Gasteiger charge is 2.50. The molecule has 3 N–H and O–H groups in total. The SMILES string of the molecule is CCNC[C@]1(N)C[C@@H]1COCc1ccccc1. The van der Waals surface area contributed by atoms with Gasteiger partial charge in [-0.15, -0.1) is 0 Å². The van der Waals surface area contributed by atoms with Crippen molar-refractivity contribution in [3.05, 3.63) is 35.9 Å². The highest BCUT2D eigenvalue weighted by molar-refractivity contribution is 5.14. The quantitative estimate of drug-likeness (QED) is 0.752. The van der Waals surface area contributed by atoms with Crippen LogP contribution in [0.25, 0.3) is 0 Å². The molecule has 0 saturated heterocycles. The second-order valence-electron chi connectivity index (χ2n) is 4.92. The Morgan fingerprint density at radius 2 is 2.18 bits per heavy atom. The Morgan fingerprint density at radius 1 is 1.41 bits per heavy atom. The molecule has 3 nitrogen and oxygen atoms in total. The number of hydrogen-bond acceptors (Lipinski definition) is 3. The van der Waals surface area contributed by atoms with Gasteiger partial charge in [0, 0.05) is 18.0 Å². The lowest BCUT2D eigenvalue weighted by atomic mass is 10.2. The maximum Gasteiger partial charge on any atom is 0.0717 e. The van der Waals surface area contributed by atoms with Crippen molar-refractivity contribution < 1.29 is 4.74 Å². The molecule has 2 atom stereocenters. The minimum Gasteiger partial charge on any atom is -0.376 e. The summed E-state index contributed by atoms with van der Waals surface area (Å²) in [4.78, 5) is 0. The summed E-state index contributed by atoms with van der Waals surface area (Å²) in [6.07, 6.45) is 1.08. The monoisotopic (exact) mass is 234 g/mol. The molecule has 1 aromatic carbocycles. The van der Waals surface area contributed by atoms with Crippen LogP contribution in [-0.4, -0.2) is 25.2 Å². The average Bonchev–Trinajstić information content (AvgIpc) is 3.00. The van der Waals surface area contributed by atoms with Crippen molar-refractivity contribution in [1.29, 1.82) is 0 Å². The molecule has 17 heavy (non-hydrogen) atoms. The van der Waals surface area contributed by atoms with Crippen molar-refractivity contribution in [2.75, 3.05) is 19.7 Å². The maximum absolute atomic E-state index is 6.21. The van der Waals surface area contributed by atoms with Crippen LogP contribution >= 0.6 is 0 Å². The fourth-order valence-electron chi connectivity index (χ4n) is 2.09. The first-order chi connectivity index (χ1) is 8.24. The predicted octanol–water partition coefficient (Wildman–Crippen LogP) is 1.53. The van der Waals surface area contributed by atoms with Gasteiger partial charge in [0.25, 0.3) is 0 Å². The van der Waals surface area contributed by atoms with Gasteiger partial charge in [0.05, 0.1) is 13.2 Å². The van der Waals surface area contributed by atoms with Crippen LogP contribution in [0.3, 0.4) is 0 Å². The second kappa shape index (κ2) is 5.63. The molecule has 1 fully saturated rings. The first-order valence-electron chi connectivity index (χ1n) is 6.36. The summed E-state index contributed by atoms with van der Waals surface area (Å²) in [6, 6.07) is 10.3. The van der Waals surface area contributed by atoms with Gasteiger partial charge in [-0.25, -0.2) is 0 Å². The number of benzene rings is 1. The van der Waals surface area contributed by atoms with E-state index >= 15 is 0 Å². The molecule has 0 aliphatic heterocycles. The number of ether oxygens (including phenoxy) is 1. The minimum absolute atomic E-state index is 0.0211. The smallest absolute Gasteiger partial charge is 0.0717 e. The highest BCUT2D eigenvalue weighted by Crippen LogP contribution is 2.40. The van der Waals surface area contributed by atoms with Crippen LogP contribution in [0, 0.1) is 5.92 Å². The van der Waals surface area contributed by atoms with Crippen molar-refractivity contribution in [2.24, 2.45) is 11.7 Å². The summed E-state index contributed by atoms with van der Waals surface area (Å²) in [6.45, 7) is 5.46. The summed E-state index contributed by atoms with van der Waals surface area (Å²) in [5, 5.41) is 3.31. The molecule has 3 heteroatoms. The lowest BCUT2D eigenvalue weighted by Gasteiger charge is -2.12. The van der Waals surface area contributed by atoms with Crippen LogP contribution in [0.5, 0.6) is 0 Å². The molecule has 0 amide bonds. The van der Waals surface area contributed by atoms with Crippen LogP contribution in [0.1, 0.15) is 18.9 Å². The fraction of sp³-hybridized carbons (Fsp3) is 0.571. The molecular weight excluding hydrogens is 212 g/mol. The summed E-state index contributed by atoms with van der Waals surface area (Å²) in [7, 11) is 0. The Labute approximate surface area is 103 Å². The zero-order valence-corrected chi connectivity index (χ0v) is 10.5. The molecule has 94 valence electrons. The standard InChI is InChI=1S/C14H22N2O/c1-2-16-11-14(15)8-13(14)10-17-9-12-6-4-3-5-7-12/h3-7,13,16H,2,8-11,15H2,1H3/t13-,14-/m1/s1. The van der Waals surface area contributed by atoms with E-state index in [-0.39, 0.29) is 5.54 Å². The molecule has 0 bridgehead atoms. The fourth-order valence-corrected chi connectivity index (χ4v) is 2.09. The molecule has 0 heterocycles. The Balaban J connectivity index is 1.64. The highest BCUT2D eigenvalue weighted by atomic mass is 16.5. The Hall–Kier alpha value is -0.900. The van der Waals surface area contributed by atoms with Gasteiger partial charge in [-0.2, -0.15) is 0 Å². The summed E-state index contributed by atoms with van der Waals surface area (Å²) < 4.78 is 5.71. The molecule has 1 aromatic rings. The second-order valence-corrected chi connectivity index (χ2v) is 4.92. The van der Waals surface area contributed by atoms with Crippen molar-refractivity contribution in [3.8, 4) is 0 Å². The van der Waals surface area contributed by atoms with E-state index in [0.717, 1.165) is 26.1 Å². The van der Waals surface area contributed by atoms with Gasteiger partial charge in [0.15, 0.2) is 0 Å². The lowest BCUT2D eigenvalue weighted by molar-refractivity contribution is 0.106. The van der Waals surface area contributed by atoms with Gasteiger partial charge in [-0.1, -0.05) is 37.3 Å². The van der Waals surface area contributed by atoms with Crippen LogP contribution in [-0.2, 0) is 11.3 Å². The third kappa shape index (κ3) is 3.53. The zero-order chi connectivity index (χ0) is 12.1. The molecule has 1 saturated carbocycles. The number of hydrogen-bond donors (Lipinski definition) is 2. The van der Waals surface area contributed by atoms with E-state index in [1.165, 1.54) is 5.56 Å². The van der Waals surface area contributed by atoms with Crippen molar-refractivity contribution in [2.45, 2.75) is 25.5 Å². The molecule has 0 radical (unpaired) electrons. The first kappa shape index (κ1) is 12.6. The summed E-state index contributed by atoms with van der Waals surface area (Å²) in [5.74, 6) is 0.519. The van der Waals surface area contributed by atoms with Crippen molar-refractivity contribution in [1.82, 2.24) is 5.32 Å². The van der Waals surface area contributed by atoms with E-state index in [2.05, 4.69) is 24.4 Å². The van der Waals surface area contributed by atoms with Crippen LogP contribution in [0.4, 0.5) is 0 Å². The minimum atomic E-state index is -0.0211. The van der Waals surface area contributed by atoms with Gasteiger partial charge >= 0.3 is 0 Å². The van der Waals surface area contributed by atoms with E-state index in [1.54, 1.807) is 0 Å². The summed E-state index contributed by atoms with van der Waals surface area (Å²) in [5.41, 5.74) is 7.42. The first-order valence-corrected chi connectivity index (χ1v) is 6.36. The van der Waals surface area contributed by atoms with Gasteiger partial charge < -0.3 is 15.8 Å². The molecule has 1 aliphatic carbocycles. The molecule has 1 aliphatic rings. The van der Waals surface area contributed by atoms with Gasteiger partial charge in [0.1, 0.15) is 0 Å². The van der Waals surface area contributed by atoms with E-state index in [1.807, 2.05) is 18.2 Å². The topological polar surface area (TPSA) is 47.3 Å². The Morgan fingerprint density at radius 3 is 2.88 bits per heavy atom. The Bertz CT molecular complexity index is 341. The predicted molar refractivity (Wildman–Crippen MR) is 69.7 cm³/mol. The van der Waals surface area contributed by atoms with E-state index < -0.39 is 0 Å². The number of nitrogens with two attached hydrogens (primary N) is 1. The van der Waals surface area contributed by atoms with Gasteiger partial charge in [0.2, 0.25) is 0 Å².